The van der Waals surface area contributed by atoms with Crippen LogP contribution in [0.2, 0.25) is 0 Å². The van der Waals surface area contributed by atoms with E-state index in [4.69, 9.17) is 5.73 Å². The van der Waals surface area contributed by atoms with Crippen molar-refractivity contribution in [1.29, 1.82) is 0 Å². The van der Waals surface area contributed by atoms with E-state index in [9.17, 15) is 4.39 Å². The molecule has 0 saturated heterocycles. The maximum absolute atomic E-state index is 13.1. The number of nitrogens with zero attached hydrogens (tertiary/aromatic N) is 2. The van der Waals surface area contributed by atoms with Gasteiger partial charge in [0.1, 0.15) is 5.82 Å². The van der Waals surface area contributed by atoms with Gasteiger partial charge in [-0.15, -0.1) is 0 Å². The van der Waals surface area contributed by atoms with E-state index in [1.54, 1.807) is 10.7 Å². The largest absolute Gasteiger partial charge is 0.330 e. The molecule has 0 spiro atoms. The van der Waals surface area contributed by atoms with Crippen molar-refractivity contribution >= 4 is 0 Å². The number of rotatable bonds is 3. The van der Waals surface area contributed by atoms with Gasteiger partial charge in [0.25, 0.3) is 0 Å². The minimum Gasteiger partial charge on any atom is -0.330 e. The summed E-state index contributed by atoms with van der Waals surface area (Å²) in [6.45, 7) is 0.585. The Kier molecular flexibility index (Phi) is 3.01. The first-order valence-electron chi connectivity index (χ1n) is 5.19. The molecule has 16 heavy (non-hydrogen) atoms. The average Bonchev–Trinajstić information content (AvgIpc) is 2.61. The lowest BCUT2D eigenvalue weighted by Gasteiger charge is -1.96. The number of hydrogen-bond acceptors (Lipinski definition) is 2. The molecule has 3 nitrogen and oxygen atoms in total. The van der Waals surface area contributed by atoms with Crippen LogP contribution >= 0.6 is 0 Å². The summed E-state index contributed by atoms with van der Waals surface area (Å²) in [6.07, 6.45) is 0.777. The van der Waals surface area contributed by atoms with E-state index in [0.717, 1.165) is 23.4 Å². The van der Waals surface area contributed by atoms with Crippen molar-refractivity contribution in [3.63, 3.8) is 0 Å². The Labute approximate surface area is 93.7 Å². The van der Waals surface area contributed by atoms with Crippen molar-refractivity contribution in [3.05, 3.63) is 41.8 Å². The van der Waals surface area contributed by atoms with Gasteiger partial charge in [-0.2, -0.15) is 5.10 Å². The lowest BCUT2D eigenvalue weighted by Crippen LogP contribution is -2.06. The zero-order chi connectivity index (χ0) is 11.5. The summed E-state index contributed by atoms with van der Waals surface area (Å²) in [5, 5.41) is 4.34. The summed E-state index contributed by atoms with van der Waals surface area (Å²) in [5.41, 5.74) is 8.13. The van der Waals surface area contributed by atoms with Crippen LogP contribution in [0.3, 0.4) is 0 Å². The summed E-state index contributed by atoms with van der Waals surface area (Å²) in [4.78, 5) is 0. The number of aryl methyl sites for hydroxylation is 1. The second-order valence-electron chi connectivity index (χ2n) is 3.69. The highest BCUT2D eigenvalue weighted by Crippen LogP contribution is 2.19. The molecule has 2 rings (SSSR count). The molecule has 0 aliphatic carbocycles. The molecule has 1 heterocycles. The quantitative estimate of drug-likeness (QED) is 0.854. The molecule has 0 fully saturated rings. The second-order valence-corrected chi connectivity index (χ2v) is 3.69. The number of benzene rings is 1. The van der Waals surface area contributed by atoms with E-state index in [1.165, 1.54) is 12.1 Å². The number of hydrogen-bond donors (Lipinski definition) is 1. The Morgan fingerprint density at radius 3 is 2.88 bits per heavy atom. The van der Waals surface area contributed by atoms with Crippen LogP contribution in [-0.4, -0.2) is 16.3 Å². The van der Waals surface area contributed by atoms with E-state index >= 15 is 0 Å². The first-order chi connectivity index (χ1) is 7.70. The van der Waals surface area contributed by atoms with Gasteiger partial charge in [-0.3, -0.25) is 4.68 Å². The molecule has 2 aromatic rings. The highest BCUT2D eigenvalue weighted by molar-refractivity contribution is 5.59. The fraction of sp³-hybridized carbons (Fsp3) is 0.250. The van der Waals surface area contributed by atoms with Gasteiger partial charge in [-0.1, -0.05) is 12.1 Å². The van der Waals surface area contributed by atoms with Gasteiger partial charge in [0, 0.05) is 24.7 Å². The first kappa shape index (κ1) is 10.8. The molecular formula is C12H14FN3. The van der Waals surface area contributed by atoms with E-state index in [-0.39, 0.29) is 5.82 Å². The third-order valence-corrected chi connectivity index (χ3v) is 2.50. The summed E-state index contributed by atoms with van der Waals surface area (Å²) in [6, 6.07) is 8.38. The van der Waals surface area contributed by atoms with E-state index in [1.807, 2.05) is 19.2 Å². The van der Waals surface area contributed by atoms with Gasteiger partial charge >= 0.3 is 0 Å². The molecule has 0 unspecified atom stereocenters. The van der Waals surface area contributed by atoms with E-state index in [0.29, 0.717) is 6.54 Å². The van der Waals surface area contributed by atoms with Gasteiger partial charge < -0.3 is 5.73 Å². The molecule has 0 saturated carbocycles. The maximum atomic E-state index is 13.1. The van der Waals surface area contributed by atoms with Crippen LogP contribution in [0.15, 0.2) is 30.3 Å². The fourth-order valence-corrected chi connectivity index (χ4v) is 1.68. The molecule has 0 aliphatic rings. The minimum atomic E-state index is -0.247. The summed E-state index contributed by atoms with van der Waals surface area (Å²) in [5.74, 6) is -0.247. The lowest BCUT2D eigenvalue weighted by atomic mass is 10.1. The third-order valence-electron chi connectivity index (χ3n) is 2.50. The minimum absolute atomic E-state index is 0.247. The third kappa shape index (κ3) is 2.12. The second kappa shape index (κ2) is 4.45. The maximum Gasteiger partial charge on any atom is 0.123 e. The monoisotopic (exact) mass is 219 g/mol. The molecule has 4 heteroatoms. The number of nitrogens with two attached hydrogens (primary N) is 1. The first-order valence-corrected chi connectivity index (χ1v) is 5.19. The molecule has 0 atom stereocenters. The zero-order valence-electron chi connectivity index (χ0n) is 9.15. The molecule has 0 amide bonds. The fourth-order valence-electron chi connectivity index (χ4n) is 1.68. The Hall–Kier alpha value is -1.68. The van der Waals surface area contributed by atoms with Crippen molar-refractivity contribution in [2.45, 2.75) is 6.42 Å². The molecule has 2 N–H and O–H groups in total. The van der Waals surface area contributed by atoms with E-state index < -0.39 is 0 Å². The predicted octanol–water partition coefficient (Wildman–Crippen LogP) is 1.73. The van der Waals surface area contributed by atoms with Gasteiger partial charge in [0.2, 0.25) is 0 Å². The van der Waals surface area contributed by atoms with E-state index in [2.05, 4.69) is 5.10 Å². The Morgan fingerprint density at radius 1 is 1.38 bits per heavy atom. The Balaban J connectivity index is 2.37. The number of aromatic nitrogens is 2. The van der Waals surface area contributed by atoms with Crippen molar-refractivity contribution in [3.8, 4) is 11.3 Å². The topological polar surface area (TPSA) is 43.8 Å². The summed E-state index contributed by atoms with van der Waals surface area (Å²) in [7, 11) is 1.87. The molecule has 84 valence electrons. The van der Waals surface area contributed by atoms with Crippen LogP contribution < -0.4 is 5.73 Å². The standard InChI is InChI=1S/C12H14FN3/c1-16-11(5-6-14)8-12(15-16)9-3-2-4-10(13)7-9/h2-4,7-8H,5-6,14H2,1H3. The highest BCUT2D eigenvalue weighted by atomic mass is 19.1. The van der Waals surface area contributed by atoms with Crippen LogP contribution in [0.25, 0.3) is 11.3 Å². The molecule has 0 aliphatic heterocycles. The van der Waals surface area contributed by atoms with Crippen molar-refractivity contribution in [2.75, 3.05) is 6.54 Å². The summed E-state index contributed by atoms with van der Waals surface area (Å²) < 4.78 is 14.8. The van der Waals surface area contributed by atoms with Crippen molar-refractivity contribution in [1.82, 2.24) is 9.78 Å². The van der Waals surface area contributed by atoms with Crippen LogP contribution in [0.1, 0.15) is 5.69 Å². The number of halogens is 1. The average molecular weight is 219 g/mol. The van der Waals surface area contributed by atoms with Gasteiger partial charge in [0.15, 0.2) is 0 Å². The van der Waals surface area contributed by atoms with Crippen LogP contribution in [0, 0.1) is 5.82 Å². The van der Waals surface area contributed by atoms with Gasteiger partial charge in [0.05, 0.1) is 5.69 Å². The summed E-state index contributed by atoms with van der Waals surface area (Å²) >= 11 is 0. The van der Waals surface area contributed by atoms with Crippen LogP contribution in [0.5, 0.6) is 0 Å². The molecule has 1 aromatic carbocycles. The van der Waals surface area contributed by atoms with Crippen LogP contribution in [-0.2, 0) is 13.5 Å². The van der Waals surface area contributed by atoms with Crippen molar-refractivity contribution < 1.29 is 4.39 Å². The smallest absolute Gasteiger partial charge is 0.123 e. The predicted molar refractivity (Wildman–Crippen MR) is 61.4 cm³/mol. The molecular weight excluding hydrogens is 205 g/mol. The Bertz CT molecular complexity index is 491. The molecule has 0 radical (unpaired) electrons. The Morgan fingerprint density at radius 2 is 2.19 bits per heavy atom. The van der Waals surface area contributed by atoms with Crippen LogP contribution in [0.4, 0.5) is 4.39 Å². The molecule has 1 aromatic heterocycles. The van der Waals surface area contributed by atoms with Gasteiger partial charge in [-0.05, 0) is 24.7 Å². The normalized spacial score (nSPS) is 10.7. The lowest BCUT2D eigenvalue weighted by molar-refractivity contribution is 0.628. The van der Waals surface area contributed by atoms with Crippen molar-refractivity contribution in [2.24, 2.45) is 12.8 Å². The highest BCUT2D eigenvalue weighted by Gasteiger charge is 2.06. The van der Waals surface area contributed by atoms with Gasteiger partial charge in [-0.25, -0.2) is 4.39 Å². The molecule has 0 bridgehead atoms. The zero-order valence-corrected chi connectivity index (χ0v) is 9.15. The SMILES string of the molecule is Cn1nc(-c2cccc(F)c2)cc1CCN.